The van der Waals surface area contributed by atoms with Crippen molar-refractivity contribution in [3.63, 3.8) is 0 Å². The van der Waals surface area contributed by atoms with Gasteiger partial charge < -0.3 is 14.4 Å². The van der Waals surface area contributed by atoms with E-state index in [2.05, 4.69) is 37.3 Å². The van der Waals surface area contributed by atoms with E-state index >= 15 is 0 Å². The molecule has 0 rings (SSSR count). The first-order valence-electron chi connectivity index (χ1n) is 10.8. The summed E-state index contributed by atoms with van der Waals surface area (Å²) in [5.41, 5.74) is 0. The SMILES string of the molecule is CCCCCCCCCCCC(=O)NCC[N+](C)(CC)CC.COS(=O)(=O)[O-]. The van der Waals surface area contributed by atoms with Gasteiger partial charge in [0.2, 0.25) is 16.3 Å². The zero-order valence-electron chi connectivity index (χ0n) is 18.8. The van der Waals surface area contributed by atoms with E-state index in [1.54, 1.807) is 0 Å². The Balaban J connectivity index is 0. The van der Waals surface area contributed by atoms with E-state index in [-0.39, 0.29) is 5.91 Å². The Hall–Kier alpha value is -0.700. The average Bonchev–Trinajstić information content (AvgIpc) is 2.66. The summed E-state index contributed by atoms with van der Waals surface area (Å²) in [6.07, 6.45) is 12.5. The standard InChI is InChI=1S/C19H40N2O.CH4O4S/c1-5-8-9-10-11-12-13-14-15-16-19(22)20-17-18-21(4,6-2)7-3;1-5-6(2,3)4/h5-18H2,1-4H3;1H3,(H,2,3,4). The van der Waals surface area contributed by atoms with Crippen molar-refractivity contribution in [2.75, 3.05) is 40.3 Å². The minimum Gasteiger partial charge on any atom is -0.726 e. The van der Waals surface area contributed by atoms with Crippen LogP contribution in [0.1, 0.15) is 85.0 Å². The van der Waals surface area contributed by atoms with Gasteiger partial charge in [0.15, 0.2) is 0 Å². The molecule has 7 nitrogen and oxygen atoms in total. The summed E-state index contributed by atoms with van der Waals surface area (Å²) in [6.45, 7) is 10.8. The maximum absolute atomic E-state index is 11.8. The molecule has 0 unspecified atom stereocenters. The van der Waals surface area contributed by atoms with Crippen LogP contribution in [0.25, 0.3) is 0 Å². The first-order chi connectivity index (χ1) is 13.1. The van der Waals surface area contributed by atoms with Crippen LogP contribution in [0.5, 0.6) is 0 Å². The highest BCUT2D eigenvalue weighted by molar-refractivity contribution is 7.80. The third kappa shape index (κ3) is 21.6. The van der Waals surface area contributed by atoms with Crippen LogP contribution in [0, 0.1) is 0 Å². The van der Waals surface area contributed by atoms with Crippen LogP contribution >= 0.6 is 0 Å². The molecule has 0 saturated heterocycles. The third-order valence-corrected chi connectivity index (χ3v) is 5.62. The van der Waals surface area contributed by atoms with Gasteiger partial charge in [0.05, 0.1) is 40.3 Å². The summed E-state index contributed by atoms with van der Waals surface area (Å²) in [4.78, 5) is 11.8. The van der Waals surface area contributed by atoms with E-state index in [0.717, 1.165) is 44.2 Å². The van der Waals surface area contributed by atoms with Crippen molar-refractivity contribution in [3.8, 4) is 0 Å². The lowest BCUT2D eigenvalue weighted by atomic mass is 10.1. The second-order valence-electron chi connectivity index (χ2n) is 7.48. The molecule has 170 valence electrons. The van der Waals surface area contributed by atoms with Crippen LogP contribution in [0.15, 0.2) is 0 Å². The lowest BCUT2D eigenvalue weighted by molar-refractivity contribution is -0.904. The van der Waals surface area contributed by atoms with Gasteiger partial charge in [0, 0.05) is 6.42 Å². The minimum absolute atomic E-state index is 0.238. The number of hydrogen-bond acceptors (Lipinski definition) is 5. The summed E-state index contributed by atoms with van der Waals surface area (Å²) in [6, 6.07) is 0. The first-order valence-corrected chi connectivity index (χ1v) is 12.1. The summed E-state index contributed by atoms with van der Waals surface area (Å²) >= 11 is 0. The lowest BCUT2D eigenvalue weighted by Crippen LogP contribution is -2.48. The van der Waals surface area contributed by atoms with Crippen molar-refractivity contribution in [2.45, 2.75) is 85.0 Å². The van der Waals surface area contributed by atoms with Crippen molar-refractivity contribution >= 4 is 16.3 Å². The minimum atomic E-state index is -4.41. The molecule has 0 aromatic carbocycles. The molecule has 0 bridgehead atoms. The fourth-order valence-electron chi connectivity index (χ4n) is 2.69. The van der Waals surface area contributed by atoms with Crippen LogP contribution in [-0.4, -0.2) is 63.7 Å². The molecule has 0 aromatic heterocycles. The molecule has 0 spiro atoms. The molecule has 0 saturated carbocycles. The molecule has 0 heterocycles. The number of carbonyl (C=O) groups is 1. The smallest absolute Gasteiger partial charge is 0.220 e. The molecule has 0 aliphatic carbocycles. The monoisotopic (exact) mass is 424 g/mol. The van der Waals surface area contributed by atoms with Crippen LogP contribution in [-0.2, 0) is 19.4 Å². The van der Waals surface area contributed by atoms with Crippen LogP contribution in [0.3, 0.4) is 0 Å². The predicted molar refractivity (Wildman–Crippen MR) is 114 cm³/mol. The summed E-state index contributed by atoms with van der Waals surface area (Å²) in [7, 11) is -1.35. The number of nitrogens with zero attached hydrogens (tertiary/aromatic N) is 1. The number of amides is 1. The van der Waals surface area contributed by atoms with Crippen molar-refractivity contribution in [2.24, 2.45) is 0 Å². The van der Waals surface area contributed by atoms with E-state index < -0.39 is 10.4 Å². The molecule has 0 aliphatic rings. The fraction of sp³-hybridized carbons (Fsp3) is 0.950. The van der Waals surface area contributed by atoms with E-state index in [9.17, 15) is 17.8 Å². The maximum Gasteiger partial charge on any atom is 0.220 e. The highest BCUT2D eigenvalue weighted by atomic mass is 32.3. The number of quaternary nitrogens is 1. The van der Waals surface area contributed by atoms with Gasteiger partial charge in [-0.1, -0.05) is 58.3 Å². The van der Waals surface area contributed by atoms with Gasteiger partial charge in [-0.2, -0.15) is 0 Å². The van der Waals surface area contributed by atoms with E-state index in [4.69, 9.17) is 0 Å². The molecule has 28 heavy (non-hydrogen) atoms. The summed E-state index contributed by atoms with van der Waals surface area (Å²) in [5.74, 6) is 0.238. The summed E-state index contributed by atoms with van der Waals surface area (Å²) < 4.78 is 32.1. The Bertz CT molecular complexity index is 465. The molecule has 1 amide bonds. The van der Waals surface area contributed by atoms with Crippen molar-refractivity contribution < 1.29 is 26.4 Å². The Kier molecular flexibility index (Phi) is 19.3. The number of carbonyl (C=O) groups excluding carboxylic acids is 1. The van der Waals surface area contributed by atoms with Gasteiger partial charge in [-0.05, 0) is 20.3 Å². The Morgan fingerprint density at radius 3 is 1.75 bits per heavy atom. The highest BCUT2D eigenvalue weighted by Crippen LogP contribution is 2.10. The second-order valence-corrected chi connectivity index (χ2v) is 8.63. The molecule has 1 N–H and O–H groups in total. The molecule has 0 aliphatic heterocycles. The Labute approximate surface area is 173 Å². The van der Waals surface area contributed by atoms with Gasteiger partial charge in [0.1, 0.15) is 0 Å². The zero-order valence-corrected chi connectivity index (χ0v) is 19.6. The largest absolute Gasteiger partial charge is 0.726 e. The molecule has 0 atom stereocenters. The number of hydrogen-bond donors (Lipinski definition) is 1. The maximum atomic E-state index is 11.8. The zero-order chi connectivity index (χ0) is 21.9. The first kappa shape index (κ1) is 29.5. The molecule has 0 radical (unpaired) electrons. The van der Waals surface area contributed by atoms with E-state index in [1.165, 1.54) is 51.4 Å². The Morgan fingerprint density at radius 2 is 1.36 bits per heavy atom. The van der Waals surface area contributed by atoms with Gasteiger partial charge in [-0.3, -0.25) is 8.98 Å². The average molecular weight is 425 g/mol. The van der Waals surface area contributed by atoms with Crippen LogP contribution in [0.4, 0.5) is 0 Å². The molecular weight excluding hydrogens is 380 g/mol. The quantitative estimate of drug-likeness (QED) is 0.177. The lowest BCUT2D eigenvalue weighted by Gasteiger charge is -2.32. The van der Waals surface area contributed by atoms with Gasteiger partial charge in [0.25, 0.3) is 0 Å². The number of nitrogens with one attached hydrogen (secondary N) is 1. The third-order valence-electron chi connectivity index (χ3n) is 5.21. The van der Waals surface area contributed by atoms with Gasteiger partial charge in [-0.25, -0.2) is 8.42 Å². The normalized spacial score (nSPS) is 11.6. The summed E-state index contributed by atoms with van der Waals surface area (Å²) in [5, 5.41) is 3.08. The molecule has 0 aromatic rings. The Morgan fingerprint density at radius 1 is 0.929 bits per heavy atom. The molecular formula is C20H44N2O5S. The van der Waals surface area contributed by atoms with Crippen LogP contribution in [0.2, 0.25) is 0 Å². The topological polar surface area (TPSA) is 95.5 Å². The number of likely N-dealkylation sites (N-methyl/N-ethyl adjacent to an activating group) is 1. The van der Waals surface area contributed by atoms with Crippen molar-refractivity contribution in [3.05, 3.63) is 0 Å². The van der Waals surface area contributed by atoms with Crippen LogP contribution < -0.4 is 5.32 Å². The number of unbranched alkanes of at least 4 members (excludes halogenated alkanes) is 8. The second kappa shape index (κ2) is 18.3. The number of rotatable bonds is 16. The van der Waals surface area contributed by atoms with E-state index in [1.807, 2.05) is 0 Å². The van der Waals surface area contributed by atoms with Gasteiger partial charge in [-0.15, -0.1) is 0 Å². The van der Waals surface area contributed by atoms with Crippen molar-refractivity contribution in [1.29, 1.82) is 0 Å². The fourth-order valence-corrected chi connectivity index (χ4v) is 2.69. The molecule has 8 heteroatoms. The predicted octanol–water partition coefficient (Wildman–Crippen LogP) is 3.60. The van der Waals surface area contributed by atoms with Gasteiger partial charge >= 0.3 is 0 Å². The highest BCUT2D eigenvalue weighted by Gasteiger charge is 2.15. The van der Waals surface area contributed by atoms with E-state index in [0.29, 0.717) is 6.42 Å². The van der Waals surface area contributed by atoms with Crippen molar-refractivity contribution in [1.82, 2.24) is 5.32 Å². The molecule has 0 fully saturated rings.